The van der Waals surface area contributed by atoms with Crippen LogP contribution in [0.15, 0.2) is 28.7 Å². The molecule has 1 aromatic rings. The number of aliphatic hydroxyl groups is 1. The molecule has 0 aliphatic heterocycles. The summed E-state index contributed by atoms with van der Waals surface area (Å²) in [6, 6.07) is 7.66. The summed E-state index contributed by atoms with van der Waals surface area (Å²) in [4.78, 5) is 12.0. The van der Waals surface area contributed by atoms with Crippen LogP contribution in [0.2, 0.25) is 0 Å². The zero-order valence-corrected chi connectivity index (χ0v) is 11.9. The van der Waals surface area contributed by atoms with E-state index < -0.39 is 5.54 Å². The van der Waals surface area contributed by atoms with Gasteiger partial charge in [-0.3, -0.25) is 4.79 Å². The van der Waals surface area contributed by atoms with E-state index in [1.54, 1.807) is 13.8 Å². The molecule has 94 valence electrons. The Balaban J connectivity index is 2.73. The Labute approximate surface area is 110 Å². The summed E-state index contributed by atoms with van der Waals surface area (Å²) in [6.45, 7) is 5.36. The fraction of sp³-hybridized carbons (Fsp3) is 0.462. The van der Waals surface area contributed by atoms with Crippen LogP contribution in [0, 0.1) is 0 Å². The normalized spacial score (nSPS) is 13.2. The number of rotatable bonds is 4. The van der Waals surface area contributed by atoms with Gasteiger partial charge in [0.1, 0.15) is 0 Å². The van der Waals surface area contributed by atoms with Crippen LogP contribution in [-0.2, 0) is 4.79 Å². The van der Waals surface area contributed by atoms with Crippen LogP contribution in [-0.4, -0.2) is 23.2 Å². The molecule has 4 heteroatoms. The van der Waals surface area contributed by atoms with Crippen molar-refractivity contribution >= 4 is 21.8 Å². The van der Waals surface area contributed by atoms with Crippen LogP contribution in [0.1, 0.15) is 32.3 Å². The van der Waals surface area contributed by atoms with Crippen LogP contribution < -0.4 is 5.32 Å². The molecule has 0 saturated carbocycles. The molecule has 0 radical (unpaired) electrons. The lowest BCUT2D eigenvalue weighted by Gasteiger charge is -2.25. The van der Waals surface area contributed by atoms with Gasteiger partial charge in [-0.05, 0) is 38.5 Å². The summed E-state index contributed by atoms with van der Waals surface area (Å²) in [5.41, 5.74) is 0.375. The summed E-state index contributed by atoms with van der Waals surface area (Å²) in [7, 11) is 0. The molecule has 1 amide bonds. The second-order valence-electron chi connectivity index (χ2n) is 4.80. The number of carbonyl (C=O) groups is 1. The molecule has 1 unspecified atom stereocenters. The molecule has 0 heterocycles. The molecule has 0 saturated heterocycles. The summed E-state index contributed by atoms with van der Waals surface area (Å²) in [5, 5.41) is 11.9. The summed E-state index contributed by atoms with van der Waals surface area (Å²) >= 11 is 3.36. The van der Waals surface area contributed by atoms with Crippen molar-refractivity contribution in [3.05, 3.63) is 34.3 Å². The Hall–Kier alpha value is -0.870. The van der Waals surface area contributed by atoms with Gasteiger partial charge in [-0.15, -0.1) is 0 Å². The van der Waals surface area contributed by atoms with Crippen LogP contribution in [0.4, 0.5) is 0 Å². The average molecular weight is 300 g/mol. The van der Waals surface area contributed by atoms with Gasteiger partial charge in [0.25, 0.3) is 0 Å². The van der Waals surface area contributed by atoms with Crippen molar-refractivity contribution in [3.63, 3.8) is 0 Å². The van der Waals surface area contributed by atoms with Crippen molar-refractivity contribution in [2.75, 3.05) is 6.61 Å². The standard InChI is InChI=1S/C13H18BrNO2/c1-9(10-4-6-11(14)7-5-10)12(17)15-13(2,3)8-16/h4-7,9,16H,8H2,1-3H3,(H,15,17). The number of hydrogen-bond donors (Lipinski definition) is 2. The Morgan fingerprint density at radius 3 is 2.41 bits per heavy atom. The molecule has 3 nitrogen and oxygen atoms in total. The second-order valence-corrected chi connectivity index (χ2v) is 5.72. The van der Waals surface area contributed by atoms with Gasteiger partial charge in [0.15, 0.2) is 0 Å². The molecule has 0 bridgehead atoms. The van der Waals surface area contributed by atoms with Gasteiger partial charge in [-0.1, -0.05) is 28.1 Å². The zero-order chi connectivity index (χ0) is 13.1. The first kappa shape index (κ1) is 14.2. The molecule has 0 aromatic heterocycles. The van der Waals surface area contributed by atoms with Crippen LogP contribution in [0.5, 0.6) is 0 Å². The smallest absolute Gasteiger partial charge is 0.227 e. The zero-order valence-electron chi connectivity index (χ0n) is 10.3. The highest BCUT2D eigenvalue weighted by atomic mass is 79.9. The van der Waals surface area contributed by atoms with Crippen molar-refractivity contribution < 1.29 is 9.90 Å². The number of hydrogen-bond acceptors (Lipinski definition) is 2. The molecule has 0 aliphatic carbocycles. The molecule has 17 heavy (non-hydrogen) atoms. The molecule has 0 aliphatic rings. The van der Waals surface area contributed by atoms with Gasteiger partial charge in [0.2, 0.25) is 5.91 Å². The Morgan fingerprint density at radius 2 is 1.94 bits per heavy atom. The summed E-state index contributed by atoms with van der Waals surface area (Å²) < 4.78 is 0.990. The molecule has 1 rings (SSSR count). The topological polar surface area (TPSA) is 49.3 Å². The Bertz CT molecular complexity index is 387. The molecule has 1 aromatic carbocycles. The highest BCUT2D eigenvalue weighted by Crippen LogP contribution is 2.19. The first-order valence-electron chi connectivity index (χ1n) is 5.54. The average Bonchev–Trinajstić information content (AvgIpc) is 2.28. The SMILES string of the molecule is CC(C(=O)NC(C)(C)CO)c1ccc(Br)cc1. The highest BCUT2D eigenvalue weighted by molar-refractivity contribution is 9.10. The second kappa shape index (κ2) is 5.65. The van der Waals surface area contributed by atoms with E-state index in [-0.39, 0.29) is 18.4 Å². The lowest BCUT2D eigenvalue weighted by atomic mass is 9.98. The van der Waals surface area contributed by atoms with E-state index in [0.29, 0.717) is 0 Å². The third-order valence-corrected chi connectivity index (χ3v) is 3.15. The maximum absolute atomic E-state index is 12.0. The molecule has 2 N–H and O–H groups in total. The predicted molar refractivity (Wildman–Crippen MR) is 71.9 cm³/mol. The van der Waals surface area contributed by atoms with Gasteiger partial charge >= 0.3 is 0 Å². The van der Waals surface area contributed by atoms with E-state index in [0.717, 1.165) is 10.0 Å². The maximum Gasteiger partial charge on any atom is 0.227 e. The number of amides is 1. The first-order chi connectivity index (χ1) is 7.85. The number of aliphatic hydroxyl groups excluding tert-OH is 1. The fourth-order valence-corrected chi connectivity index (χ4v) is 1.65. The largest absolute Gasteiger partial charge is 0.394 e. The third-order valence-electron chi connectivity index (χ3n) is 2.62. The minimum Gasteiger partial charge on any atom is -0.394 e. The third kappa shape index (κ3) is 4.13. The van der Waals surface area contributed by atoms with E-state index in [4.69, 9.17) is 5.11 Å². The van der Waals surface area contributed by atoms with Crippen LogP contribution in [0.25, 0.3) is 0 Å². The minimum absolute atomic E-state index is 0.0774. The Kier molecular flexibility index (Phi) is 4.71. The van der Waals surface area contributed by atoms with Crippen molar-refractivity contribution in [1.29, 1.82) is 0 Å². The molecule has 1 atom stereocenters. The monoisotopic (exact) mass is 299 g/mol. The molecular formula is C13H18BrNO2. The van der Waals surface area contributed by atoms with E-state index >= 15 is 0 Å². The van der Waals surface area contributed by atoms with Gasteiger partial charge in [-0.2, -0.15) is 0 Å². The quantitative estimate of drug-likeness (QED) is 0.897. The van der Waals surface area contributed by atoms with Gasteiger partial charge in [0, 0.05) is 4.47 Å². The highest BCUT2D eigenvalue weighted by Gasteiger charge is 2.23. The predicted octanol–water partition coefficient (Wildman–Crippen LogP) is 2.44. The van der Waals surface area contributed by atoms with E-state index in [2.05, 4.69) is 21.2 Å². The van der Waals surface area contributed by atoms with Gasteiger partial charge < -0.3 is 10.4 Å². The van der Waals surface area contributed by atoms with Crippen molar-refractivity contribution in [2.24, 2.45) is 0 Å². The van der Waals surface area contributed by atoms with E-state index in [9.17, 15) is 4.79 Å². The molecular weight excluding hydrogens is 282 g/mol. The van der Waals surface area contributed by atoms with Crippen molar-refractivity contribution in [1.82, 2.24) is 5.32 Å². The van der Waals surface area contributed by atoms with Gasteiger partial charge in [-0.25, -0.2) is 0 Å². The van der Waals surface area contributed by atoms with Crippen LogP contribution >= 0.6 is 15.9 Å². The molecule has 0 fully saturated rings. The van der Waals surface area contributed by atoms with E-state index in [1.165, 1.54) is 0 Å². The Morgan fingerprint density at radius 1 is 1.41 bits per heavy atom. The first-order valence-corrected chi connectivity index (χ1v) is 6.33. The van der Waals surface area contributed by atoms with Crippen molar-refractivity contribution in [3.8, 4) is 0 Å². The maximum atomic E-state index is 12.0. The van der Waals surface area contributed by atoms with Gasteiger partial charge in [0.05, 0.1) is 18.1 Å². The molecule has 0 spiro atoms. The number of halogens is 1. The lowest BCUT2D eigenvalue weighted by Crippen LogP contribution is -2.47. The minimum atomic E-state index is -0.583. The summed E-state index contributed by atoms with van der Waals surface area (Å²) in [5.74, 6) is -0.305. The lowest BCUT2D eigenvalue weighted by molar-refractivity contribution is -0.124. The van der Waals surface area contributed by atoms with Crippen LogP contribution in [0.3, 0.4) is 0 Å². The van der Waals surface area contributed by atoms with E-state index in [1.807, 2.05) is 31.2 Å². The fourth-order valence-electron chi connectivity index (χ4n) is 1.38. The number of nitrogens with one attached hydrogen (secondary N) is 1. The number of carbonyl (C=O) groups excluding carboxylic acids is 1. The number of benzene rings is 1. The van der Waals surface area contributed by atoms with Crippen molar-refractivity contribution in [2.45, 2.75) is 32.2 Å². The summed E-state index contributed by atoms with van der Waals surface area (Å²) in [6.07, 6.45) is 0.